The Hall–Kier alpha value is -1.76. The van der Waals surface area contributed by atoms with Gasteiger partial charge in [0.15, 0.2) is 5.82 Å². The summed E-state index contributed by atoms with van der Waals surface area (Å²) in [4.78, 5) is 18.9. The van der Waals surface area contributed by atoms with Crippen LogP contribution in [0, 0.1) is 0 Å². The second-order valence-electron chi connectivity index (χ2n) is 2.55. The normalized spacial score (nSPS) is 9.40. The van der Waals surface area contributed by atoms with Crippen LogP contribution < -0.4 is 11.1 Å². The Morgan fingerprint density at radius 3 is 2.87 bits per heavy atom. The van der Waals surface area contributed by atoms with Crippen molar-refractivity contribution in [1.82, 2.24) is 9.97 Å². The summed E-state index contributed by atoms with van der Waals surface area (Å²) >= 11 is 4.78. The molecule has 0 bridgehead atoms. The summed E-state index contributed by atoms with van der Waals surface area (Å²) in [7, 11) is 1.30. The molecule has 0 aliphatic heterocycles. The van der Waals surface area contributed by atoms with E-state index in [1.807, 2.05) is 0 Å². The van der Waals surface area contributed by atoms with Crippen LogP contribution in [0.25, 0.3) is 0 Å². The van der Waals surface area contributed by atoms with Crippen LogP contribution in [0.2, 0.25) is 0 Å². The van der Waals surface area contributed by atoms with Crippen LogP contribution in [0.4, 0.5) is 5.82 Å². The number of carbonyl (C=O) groups is 1. The van der Waals surface area contributed by atoms with E-state index >= 15 is 0 Å². The Balaban J connectivity index is 2.76. The maximum absolute atomic E-state index is 10.9. The van der Waals surface area contributed by atoms with E-state index in [-0.39, 0.29) is 11.5 Å². The molecule has 0 fully saturated rings. The number of hydrogen-bond donors (Lipinski definition) is 2. The Kier molecular flexibility index (Phi) is 3.92. The standard InChI is InChI=1S/C8H10N4O2S/c1-14-5(13)4-12-8-6(7(9)15)10-2-3-11-8/h2-3H,4H2,1H3,(H2,9,15)(H,11,12). The molecule has 1 aromatic rings. The van der Waals surface area contributed by atoms with E-state index in [2.05, 4.69) is 20.0 Å². The van der Waals surface area contributed by atoms with Gasteiger partial charge in [-0.3, -0.25) is 4.79 Å². The summed E-state index contributed by atoms with van der Waals surface area (Å²) in [5.41, 5.74) is 5.78. The van der Waals surface area contributed by atoms with E-state index in [4.69, 9.17) is 18.0 Å². The minimum Gasteiger partial charge on any atom is -0.468 e. The summed E-state index contributed by atoms with van der Waals surface area (Å²) in [5.74, 6) is -0.0371. The fraction of sp³-hybridized carbons (Fsp3) is 0.250. The number of nitrogens with two attached hydrogens (primary N) is 1. The van der Waals surface area contributed by atoms with Gasteiger partial charge in [-0.2, -0.15) is 0 Å². The monoisotopic (exact) mass is 226 g/mol. The highest BCUT2D eigenvalue weighted by Gasteiger charge is 2.08. The van der Waals surface area contributed by atoms with Gasteiger partial charge in [-0.1, -0.05) is 12.2 Å². The summed E-state index contributed by atoms with van der Waals surface area (Å²) in [6.07, 6.45) is 2.94. The molecule has 0 saturated heterocycles. The molecule has 0 aromatic carbocycles. The zero-order chi connectivity index (χ0) is 11.3. The smallest absolute Gasteiger partial charge is 0.325 e. The molecule has 1 aromatic heterocycles. The minimum absolute atomic E-state index is 0.00912. The summed E-state index contributed by atoms with van der Waals surface area (Å²) in [6, 6.07) is 0. The fourth-order valence-electron chi connectivity index (χ4n) is 0.876. The third kappa shape index (κ3) is 3.13. The number of anilines is 1. The zero-order valence-electron chi connectivity index (χ0n) is 8.06. The Morgan fingerprint density at radius 2 is 2.27 bits per heavy atom. The molecule has 1 heterocycles. The third-order valence-electron chi connectivity index (χ3n) is 1.56. The molecule has 0 radical (unpaired) electrons. The van der Waals surface area contributed by atoms with E-state index in [1.165, 1.54) is 19.5 Å². The van der Waals surface area contributed by atoms with Gasteiger partial charge < -0.3 is 15.8 Å². The lowest BCUT2D eigenvalue weighted by atomic mass is 10.4. The predicted octanol–water partition coefficient (Wildman–Crippen LogP) is -0.304. The summed E-state index contributed by atoms with van der Waals surface area (Å²) in [5, 5.41) is 2.73. The van der Waals surface area contributed by atoms with Crippen LogP contribution in [0.3, 0.4) is 0 Å². The van der Waals surface area contributed by atoms with Crippen molar-refractivity contribution in [2.24, 2.45) is 5.73 Å². The van der Waals surface area contributed by atoms with Gasteiger partial charge in [-0.15, -0.1) is 0 Å². The Bertz CT molecular complexity index is 383. The van der Waals surface area contributed by atoms with E-state index in [0.29, 0.717) is 11.5 Å². The fourth-order valence-corrected chi connectivity index (χ4v) is 1.03. The van der Waals surface area contributed by atoms with Gasteiger partial charge in [-0.25, -0.2) is 9.97 Å². The van der Waals surface area contributed by atoms with Crippen molar-refractivity contribution in [3.63, 3.8) is 0 Å². The van der Waals surface area contributed by atoms with Gasteiger partial charge in [0, 0.05) is 12.4 Å². The van der Waals surface area contributed by atoms with Gasteiger partial charge in [0.1, 0.15) is 17.2 Å². The molecule has 7 heteroatoms. The number of nitrogens with zero attached hydrogens (tertiary/aromatic N) is 2. The molecule has 1 rings (SSSR count). The van der Waals surface area contributed by atoms with Crippen molar-refractivity contribution < 1.29 is 9.53 Å². The highest BCUT2D eigenvalue weighted by atomic mass is 32.1. The van der Waals surface area contributed by atoms with Crippen molar-refractivity contribution in [2.45, 2.75) is 0 Å². The number of rotatable bonds is 4. The third-order valence-corrected chi connectivity index (χ3v) is 1.75. The van der Waals surface area contributed by atoms with Crippen LogP contribution >= 0.6 is 12.2 Å². The number of nitrogens with one attached hydrogen (secondary N) is 1. The second-order valence-corrected chi connectivity index (χ2v) is 2.99. The number of thiocarbonyl (C=S) groups is 1. The molecule has 0 unspecified atom stereocenters. The highest BCUT2D eigenvalue weighted by molar-refractivity contribution is 7.80. The topological polar surface area (TPSA) is 90.1 Å². The van der Waals surface area contributed by atoms with Crippen molar-refractivity contribution in [2.75, 3.05) is 19.0 Å². The number of esters is 1. The number of hydrogen-bond acceptors (Lipinski definition) is 6. The van der Waals surface area contributed by atoms with Crippen molar-refractivity contribution in [3.05, 3.63) is 18.1 Å². The maximum atomic E-state index is 10.9. The molecular weight excluding hydrogens is 216 g/mol. The summed E-state index contributed by atoms with van der Waals surface area (Å²) < 4.78 is 4.46. The quantitative estimate of drug-likeness (QED) is 0.538. The molecule has 0 aliphatic carbocycles. The first-order chi connectivity index (χ1) is 7.15. The number of carbonyl (C=O) groups excluding carboxylic acids is 1. The first kappa shape index (κ1) is 11.3. The van der Waals surface area contributed by atoms with E-state index in [0.717, 1.165) is 0 Å². The van der Waals surface area contributed by atoms with Crippen LogP contribution in [0.1, 0.15) is 5.69 Å². The van der Waals surface area contributed by atoms with Crippen LogP contribution in [0.15, 0.2) is 12.4 Å². The van der Waals surface area contributed by atoms with E-state index in [1.54, 1.807) is 0 Å². The number of aromatic nitrogens is 2. The van der Waals surface area contributed by atoms with Crippen molar-refractivity contribution in [1.29, 1.82) is 0 Å². The van der Waals surface area contributed by atoms with Gasteiger partial charge in [0.25, 0.3) is 0 Å². The Morgan fingerprint density at radius 1 is 1.60 bits per heavy atom. The second kappa shape index (κ2) is 5.20. The largest absolute Gasteiger partial charge is 0.468 e. The lowest BCUT2D eigenvalue weighted by Crippen LogP contribution is -2.20. The molecule has 80 valence electrons. The molecule has 15 heavy (non-hydrogen) atoms. The SMILES string of the molecule is COC(=O)CNc1nccnc1C(N)=S. The minimum atomic E-state index is -0.408. The maximum Gasteiger partial charge on any atom is 0.325 e. The molecule has 3 N–H and O–H groups in total. The number of methoxy groups -OCH3 is 1. The first-order valence-corrected chi connectivity index (χ1v) is 4.47. The average molecular weight is 226 g/mol. The Labute approximate surface area is 91.9 Å². The molecule has 0 spiro atoms. The van der Waals surface area contributed by atoms with Gasteiger partial charge >= 0.3 is 5.97 Å². The van der Waals surface area contributed by atoms with Gasteiger partial charge in [-0.05, 0) is 0 Å². The average Bonchev–Trinajstić information content (AvgIpc) is 2.26. The van der Waals surface area contributed by atoms with E-state index in [9.17, 15) is 4.79 Å². The number of ether oxygens (including phenoxy) is 1. The molecular formula is C8H10N4O2S. The van der Waals surface area contributed by atoms with Crippen LogP contribution in [0.5, 0.6) is 0 Å². The summed E-state index contributed by atoms with van der Waals surface area (Å²) in [6.45, 7) is -0.00912. The lowest BCUT2D eigenvalue weighted by molar-refractivity contribution is -0.138. The highest BCUT2D eigenvalue weighted by Crippen LogP contribution is 2.07. The van der Waals surface area contributed by atoms with Gasteiger partial charge in [0.2, 0.25) is 0 Å². The molecule has 0 aliphatic rings. The molecule has 0 atom stereocenters. The predicted molar refractivity (Wildman–Crippen MR) is 58.4 cm³/mol. The van der Waals surface area contributed by atoms with Gasteiger partial charge in [0.05, 0.1) is 7.11 Å². The molecule has 0 saturated carbocycles. The lowest BCUT2D eigenvalue weighted by Gasteiger charge is -2.07. The van der Waals surface area contributed by atoms with E-state index < -0.39 is 5.97 Å². The molecule has 6 nitrogen and oxygen atoms in total. The molecule has 0 amide bonds. The first-order valence-electron chi connectivity index (χ1n) is 4.06. The van der Waals surface area contributed by atoms with Crippen LogP contribution in [-0.4, -0.2) is 34.6 Å². The van der Waals surface area contributed by atoms with Crippen molar-refractivity contribution in [3.8, 4) is 0 Å². The zero-order valence-corrected chi connectivity index (χ0v) is 8.87. The van der Waals surface area contributed by atoms with Crippen molar-refractivity contribution >= 4 is 29.0 Å². The van der Waals surface area contributed by atoms with Crippen LogP contribution in [-0.2, 0) is 9.53 Å².